The molecule has 0 aliphatic carbocycles. The summed E-state index contributed by atoms with van der Waals surface area (Å²) in [6, 6.07) is 6.95. The minimum atomic E-state index is 0. The Balaban J connectivity index is 0.00000144. The predicted octanol–water partition coefficient (Wildman–Crippen LogP) is 2.86. The largest absolute Gasteiger partial charge is 0.312 e. The van der Waals surface area contributed by atoms with Crippen molar-refractivity contribution >= 4 is 24.0 Å². The fraction of sp³-hybridized carbons (Fsp3) is 0.538. The Morgan fingerprint density at radius 1 is 1.47 bits per heavy atom. The van der Waals surface area contributed by atoms with Crippen LogP contribution in [0.1, 0.15) is 18.1 Å². The summed E-state index contributed by atoms with van der Waals surface area (Å²) in [5.41, 5.74) is 2.46. The van der Waals surface area contributed by atoms with Crippen LogP contribution in [0.3, 0.4) is 0 Å². The minimum absolute atomic E-state index is 0. The minimum Gasteiger partial charge on any atom is -0.312 e. The molecular weight excluding hydrogens is 255 g/mol. The maximum atomic E-state index is 6.13. The van der Waals surface area contributed by atoms with Crippen LogP contribution >= 0.6 is 24.0 Å². The third-order valence-corrected chi connectivity index (χ3v) is 3.50. The van der Waals surface area contributed by atoms with Gasteiger partial charge >= 0.3 is 0 Å². The second-order valence-electron chi connectivity index (χ2n) is 4.67. The van der Waals surface area contributed by atoms with Crippen LogP contribution < -0.4 is 5.32 Å². The Kier molecular flexibility index (Phi) is 5.74. The van der Waals surface area contributed by atoms with Crippen molar-refractivity contribution in [2.45, 2.75) is 26.4 Å². The van der Waals surface area contributed by atoms with Crippen molar-refractivity contribution in [3.05, 3.63) is 34.3 Å². The standard InChI is InChI=1S/C13H19ClN2.ClH/c1-10-3-4-12(7-13(10)14)9-16-6-5-15-11(2)8-16;/h3-4,7,11,15H,5-6,8-9H2,1-2H3;1H/t11-;/m0./s1. The molecule has 0 saturated carbocycles. The molecule has 1 aromatic rings. The smallest absolute Gasteiger partial charge is 0.0438 e. The summed E-state index contributed by atoms with van der Waals surface area (Å²) in [4.78, 5) is 2.47. The zero-order chi connectivity index (χ0) is 11.5. The van der Waals surface area contributed by atoms with Crippen LogP contribution in [0.15, 0.2) is 18.2 Å². The Morgan fingerprint density at radius 3 is 2.88 bits per heavy atom. The zero-order valence-electron chi connectivity index (χ0n) is 10.4. The number of halogens is 2. The molecule has 0 aromatic heterocycles. The molecule has 1 atom stereocenters. The summed E-state index contributed by atoms with van der Waals surface area (Å²) in [6.45, 7) is 8.60. The highest BCUT2D eigenvalue weighted by molar-refractivity contribution is 6.31. The second-order valence-corrected chi connectivity index (χ2v) is 5.08. The molecule has 0 radical (unpaired) electrons. The third-order valence-electron chi connectivity index (χ3n) is 3.10. The average Bonchev–Trinajstić information content (AvgIpc) is 2.24. The van der Waals surface area contributed by atoms with E-state index in [0.29, 0.717) is 6.04 Å². The van der Waals surface area contributed by atoms with Gasteiger partial charge < -0.3 is 5.32 Å². The Morgan fingerprint density at radius 2 is 2.24 bits per heavy atom. The van der Waals surface area contributed by atoms with Gasteiger partial charge in [0.2, 0.25) is 0 Å². The summed E-state index contributed by atoms with van der Waals surface area (Å²) in [7, 11) is 0. The number of rotatable bonds is 2. The summed E-state index contributed by atoms with van der Waals surface area (Å²) in [5.74, 6) is 0. The van der Waals surface area contributed by atoms with E-state index in [4.69, 9.17) is 11.6 Å². The molecule has 2 rings (SSSR count). The van der Waals surface area contributed by atoms with Crippen molar-refractivity contribution in [1.29, 1.82) is 0 Å². The number of nitrogens with one attached hydrogen (secondary N) is 1. The molecule has 0 bridgehead atoms. The molecule has 0 unspecified atom stereocenters. The van der Waals surface area contributed by atoms with Crippen molar-refractivity contribution in [1.82, 2.24) is 10.2 Å². The van der Waals surface area contributed by atoms with Crippen LogP contribution in [-0.4, -0.2) is 30.6 Å². The number of hydrogen-bond acceptors (Lipinski definition) is 2. The molecule has 1 heterocycles. The third kappa shape index (κ3) is 4.14. The van der Waals surface area contributed by atoms with E-state index in [1.54, 1.807) is 0 Å². The zero-order valence-corrected chi connectivity index (χ0v) is 11.9. The summed E-state index contributed by atoms with van der Waals surface area (Å²) in [5, 5.41) is 4.33. The van der Waals surface area contributed by atoms with E-state index in [2.05, 4.69) is 35.3 Å². The Labute approximate surface area is 115 Å². The SMILES string of the molecule is Cc1ccc(CN2CCN[C@@H](C)C2)cc1Cl.Cl. The Hall–Kier alpha value is -0.280. The van der Waals surface area contributed by atoms with Gasteiger partial charge in [-0.25, -0.2) is 0 Å². The van der Waals surface area contributed by atoms with Gasteiger partial charge in [-0.05, 0) is 31.0 Å². The van der Waals surface area contributed by atoms with Crippen LogP contribution in [0.2, 0.25) is 5.02 Å². The summed E-state index contributed by atoms with van der Waals surface area (Å²) >= 11 is 6.13. The van der Waals surface area contributed by atoms with Crippen LogP contribution in [0.25, 0.3) is 0 Å². The first-order valence-corrected chi connectivity index (χ1v) is 6.24. The van der Waals surface area contributed by atoms with Gasteiger partial charge in [-0.3, -0.25) is 4.90 Å². The molecule has 4 heteroatoms. The molecule has 17 heavy (non-hydrogen) atoms. The first-order valence-electron chi connectivity index (χ1n) is 5.86. The lowest BCUT2D eigenvalue weighted by Crippen LogP contribution is -2.48. The highest BCUT2D eigenvalue weighted by atomic mass is 35.5. The average molecular weight is 275 g/mol. The van der Waals surface area contributed by atoms with Gasteiger partial charge in [0.15, 0.2) is 0 Å². The van der Waals surface area contributed by atoms with Gasteiger partial charge in [-0.2, -0.15) is 0 Å². The van der Waals surface area contributed by atoms with Crippen LogP contribution in [0.5, 0.6) is 0 Å². The fourth-order valence-corrected chi connectivity index (χ4v) is 2.35. The van der Waals surface area contributed by atoms with Crippen molar-refractivity contribution in [3.63, 3.8) is 0 Å². The van der Waals surface area contributed by atoms with Crippen molar-refractivity contribution in [2.75, 3.05) is 19.6 Å². The van der Waals surface area contributed by atoms with Gasteiger partial charge in [0.1, 0.15) is 0 Å². The maximum Gasteiger partial charge on any atom is 0.0438 e. The molecule has 1 aliphatic rings. The monoisotopic (exact) mass is 274 g/mol. The lowest BCUT2D eigenvalue weighted by molar-refractivity contribution is 0.199. The number of aryl methyl sites for hydroxylation is 1. The molecule has 0 spiro atoms. The van der Waals surface area contributed by atoms with E-state index in [-0.39, 0.29) is 12.4 Å². The van der Waals surface area contributed by atoms with E-state index in [0.717, 1.165) is 36.8 Å². The van der Waals surface area contributed by atoms with Crippen molar-refractivity contribution < 1.29 is 0 Å². The van der Waals surface area contributed by atoms with Crippen molar-refractivity contribution in [2.24, 2.45) is 0 Å². The second kappa shape index (κ2) is 6.60. The Bertz CT molecular complexity index is 368. The van der Waals surface area contributed by atoms with Gasteiger partial charge in [-0.15, -0.1) is 12.4 Å². The fourth-order valence-electron chi connectivity index (χ4n) is 2.15. The van der Waals surface area contributed by atoms with E-state index in [9.17, 15) is 0 Å². The van der Waals surface area contributed by atoms with Gasteiger partial charge in [0, 0.05) is 37.2 Å². The molecule has 1 saturated heterocycles. The lowest BCUT2D eigenvalue weighted by Gasteiger charge is -2.31. The van der Waals surface area contributed by atoms with Crippen LogP contribution in [0, 0.1) is 6.92 Å². The number of benzene rings is 1. The number of piperazine rings is 1. The maximum absolute atomic E-state index is 6.13. The molecular formula is C13H20Cl2N2. The molecule has 1 aliphatic heterocycles. The number of nitrogens with zero attached hydrogens (tertiary/aromatic N) is 1. The highest BCUT2D eigenvalue weighted by Crippen LogP contribution is 2.18. The van der Waals surface area contributed by atoms with E-state index in [1.165, 1.54) is 5.56 Å². The van der Waals surface area contributed by atoms with E-state index in [1.807, 2.05) is 6.92 Å². The first kappa shape index (κ1) is 14.8. The molecule has 96 valence electrons. The normalized spacial score (nSPS) is 21.0. The highest BCUT2D eigenvalue weighted by Gasteiger charge is 2.15. The number of hydrogen-bond donors (Lipinski definition) is 1. The van der Waals surface area contributed by atoms with Crippen molar-refractivity contribution in [3.8, 4) is 0 Å². The van der Waals surface area contributed by atoms with Gasteiger partial charge in [0.05, 0.1) is 0 Å². The quantitative estimate of drug-likeness (QED) is 0.892. The van der Waals surface area contributed by atoms with Crippen LogP contribution in [0.4, 0.5) is 0 Å². The van der Waals surface area contributed by atoms with Gasteiger partial charge in [0.25, 0.3) is 0 Å². The molecule has 1 N–H and O–H groups in total. The first-order chi connectivity index (χ1) is 7.65. The molecule has 1 aromatic carbocycles. The molecule has 1 fully saturated rings. The van der Waals surface area contributed by atoms with Gasteiger partial charge in [-0.1, -0.05) is 23.7 Å². The molecule has 2 nitrogen and oxygen atoms in total. The topological polar surface area (TPSA) is 15.3 Å². The predicted molar refractivity (Wildman–Crippen MR) is 76.2 cm³/mol. The van der Waals surface area contributed by atoms with E-state index >= 15 is 0 Å². The summed E-state index contributed by atoms with van der Waals surface area (Å²) in [6.07, 6.45) is 0. The van der Waals surface area contributed by atoms with E-state index < -0.39 is 0 Å². The van der Waals surface area contributed by atoms with Crippen LogP contribution in [-0.2, 0) is 6.54 Å². The lowest BCUT2D eigenvalue weighted by atomic mass is 10.1. The summed E-state index contributed by atoms with van der Waals surface area (Å²) < 4.78 is 0. The molecule has 0 amide bonds.